The quantitative estimate of drug-likeness (QED) is 0.683. The van der Waals surface area contributed by atoms with Crippen molar-refractivity contribution in [2.45, 2.75) is 6.42 Å². The summed E-state index contributed by atoms with van der Waals surface area (Å²) < 4.78 is 11.1. The van der Waals surface area contributed by atoms with Gasteiger partial charge in [-0.1, -0.05) is 11.6 Å². The molecule has 0 radical (unpaired) electrons. The molecule has 1 aliphatic rings. The highest BCUT2D eigenvalue weighted by molar-refractivity contribution is 6.35. The predicted molar refractivity (Wildman–Crippen MR) is 81.3 cm³/mol. The minimum Gasteiger partial charge on any atom is -0.490 e. The second-order valence-electron chi connectivity index (χ2n) is 4.78. The summed E-state index contributed by atoms with van der Waals surface area (Å²) in [6, 6.07) is 10.0. The van der Waals surface area contributed by atoms with E-state index in [1.807, 2.05) is 0 Å². The number of rotatable bonds is 2. The predicted octanol–water partition coefficient (Wildman–Crippen LogP) is 3.31. The Labute approximate surface area is 127 Å². The van der Waals surface area contributed by atoms with E-state index in [0.29, 0.717) is 46.5 Å². The third kappa shape index (κ3) is 2.81. The highest BCUT2D eigenvalue weighted by Gasteiger charge is 2.17. The van der Waals surface area contributed by atoms with Gasteiger partial charge in [0, 0.05) is 23.2 Å². The number of halogens is 1. The van der Waals surface area contributed by atoms with Crippen molar-refractivity contribution in [1.82, 2.24) is 0 Å². The van der Waals surface area contributed by atoms with E-state index in [1.165, 1.54) is 0 Å². The molecule has 0 atom stereocenters. The standard InChI is InChI=1S/C16H14ClNO3/c17-13-9-11(18)3-4-12(13)16(19)10-2-5-14-15(8-10)21-7-1-6-20-14/h2-5,8-9H,1,6-7,18H2. The number of fused-ring (bicyclic) bond motifs is 1. The maximum Gasteiger partial charge on any atom is 0.194 e. The van der Waals surface area contributed by atoms with Crippen molar-refractivity contribution in [2.24, 2.45) is 0 Å². The molecule has 1 heterocycles. The van der Waals surface area contributed by atoms with Crippen LogP contribution in [0.25, 0.3) is 0 Å². The van der Waals surface area contributed by atoms with Crippen LogP contribution in [0.4, 0.5) is 5.69 Å². The summed E-state index contributed by atoms with van der Waals surface area (Å²) in [6.07, 6.45) is 0.821. The Balaban J connectivity index is 1.96. The topological polar surface area (TPSA) is 61.6 Å². The van der Waals surface area contributed by atoms with E-state index in [1.54, 1.807) is 36.4 Å². The smallest absolute Gasteiger partial charge is 0.194 e. The summed E-state index contributed by atoms with van der Waals surface area (Å²) in [5.74, 6) is 1.08. The summed E-state index contributed by atoms with van der Waals surface area (Å²) in [7, 11) is 0. The molecule has 0 unspecified atom stereocenters. The zero-order chi connectivity index (χ0) is 14.8. The SMILES string of the molecule is Nc1ccc(C(=O)c2ccc3c(c2)OCCCO3)c(Cl)c1. The largest absolute Gasteiger partial charge is 0.490 e. The van der Waals surface area contributed by atoms with Gasteiger partial charge in [-0.2, -0.15) is 0 Å². The van der Waals surface area contributed by atoms with Crippen LogP contribution in [0.1, 0.15) is 22.3 Å². The first-order valence-corrected chi connectivity index (χ1v) is 7.02. The lowest BCUT2D eigenvalue weighted by atomic mass is 10.0. The Morgan fingerprint density at radius 1 is 1.05 bits per heavy atom. The number of nitrogen functional groups attached to an aromatic ring is 1. The van der Waals surface area contributed by atoms with Crippen molar-refractivity contribution in [2.75, 3.05) is 18.9 Å². The number of hydrogen-bond acceptors (Lipinski definition) is 4. The second kappa shape index (κ2) is 5.66. The number of ketones is 1. The molecule has 0 amide bonds. The van der Waals surface area contributed by atoms with Gasteiger partial charge < -0.3 is 15.2 Å². The highest BCUT2D eigenvalue weighted by atomic mass is 35.5. The number of nitrogens with two attached hydrogens (primary N) is 1. The average Bonchev–Trinajstić information content (AvgIpc) is 2.71. The summed E-state index contributed by atoms with van der Waals surface area (Å²) in [4.78, 5) is 12.5. The number of ether oxygens (including phenoxy) is 2. The lowest BCUT2D eigenvalue weighted by Gasteiger charge is -2.09. The maximum absolute atomic E-state index is 12.5. The van der Waals surface area contributed by atoms with Crippen LogP contribution in [0.3, 0.4) is 0 Å². The van der Waals surface area contributed by atoms with Gasteiger partial charge in [0.15, 0.2) is 17.3 Å². The van der Waals surface area contributed by atoms with Gasteiger partial charge in [-0.25, -0.2) is 0 Å². The van der Waals surface area contributed by atoms with Crippen molar-refractivity contribution in [3.05, 3.63) is 52.5 Å². The number of carbonyl (C=O) groups is 1. The zero-order valence-corrected chi connectivity index (χ0v) is 12.0. The molecule has 0 fully saturated rings. The molecular weight excluding hydrogens is 290 g/mol. The van der Waals surface area contributed by atoms with Crippen molar-refractivity contribution in [3.8, 4) is 11.5 Å². The zero-order valence-electron chi connectivity index (χ0n) is 11.3. The molecule has 0 saturated carbocycles. The third-order valence-electron chi connectivity index (χ3n) is 3.25. The lowest BCUT2D eigenvalue weighted by Crippen LogP contribution is -2.04. The van der Waals surface area contributed by atoms with Gasteiger partial charge in [-0.05, 0) is 36.4 Å². The average molecular weight is 304 g/mol. The second-order valence-corrected chi connectivity index (χ2v) is 5.19. The summed E-state index contributed by atoms with van der Waals surface area (Å²) in [5.41, 5.74) is 7.09. The van der Waals surface area contributed by atoms with E-state index in [9.17, 15) is 4.79 Å². The van der Waals surface area contributed by atoms with Crippen LogP contribution in [0.2, 0.25) is 5.02 Å². The van der Waals surface area contributed by atoms with Gasteiger partial charge in [0.2, 0.25) is 0 Å². The van der Waals surface area contributed by atoms with Gasteiger partial charge in [-0.15, -0.1) is 0 Å². The molecule has 5 heteroatoms. The molecule has 108 valence electrons. The molecule has 4 nitrogen and oxygen atoms in total. The minimum absolute atomic E-state index is 0.171. The van der Waals surface area contributed by atoms with Crippen LogP contribution < -0.4 is 15.2 Å². The first-order valence-electron chi connectivity index (χ1n) is 6.64. The Hall–Kier alpha value is -2.20. The normalized spacial score (nSPS) is 13.6. The minimum atomic E-state index is -0.171. The highest BCUT2D eigenvalue weighted by Crippen LogP contribution is 2.32. The number of hydrogen-bond donors (Lipinski definition) is 1. The van der Waals surface area contributed by atoms with E-state index in [4.69, 9.17) is 26.8 Å². The first-order chi connectivity index (χ1) is 10.1. The molecule has 2 aromatic rings. The molecule has 1 aliphatic heterocycles. The molecule has 0 aliphatic carbocycles. The Morgan fingerprint density at radius 3 is 2.57 bits per heavy atom. The molecule has 21 heavy (non-hydrogen) atoms. The van der Waals surface area contributed by atoms with Crippen molar-refractivity contribution >= 4 is 23.1 Å². The molecule has 3 rings (SSSR count). The molecule has 0 bridgehead atoms. The number of carbonyl (C=O) groups excluding carboxylic acids is 1. The van der Waals surface area contributed by atoms with Crippen LogP contribution in [0.5, 0.6) is 11.5 Å². The Morgan fingerprint density at radius 2 is 1.81 bits per heavy atom. The van der Waals surface area contributed by atoms with Crippen molar-refractivity contribution < 1.29 is 14.3 Å². The maximum atomic E-state index is 12.5. The first kappa shape index (κ1) is 13.8. The van der Waals surface area contributed by atoms with E-state index >= 15 is 0 Å². The molecule has 0 saturated heterocycles. The van der Waals surface area contributed by atoms with Crippen LogP contribution >= 0.6 is 11.6 Å². The number of anilines is 1. The fourth-order valence-electron chi connectivity index (χ4n) is 2.18. The lowest BCUT2D eigenvalue weighted by molar-refractivity contribution is 0.103. The van der Waals surface area contributed by atoms with Crippen LogP contribution in [0, 0.1) is 0 Å². The van der Waals surface area contributed by atoms with E-state index in [0.717, 1.165) is 6.42 Å². The fourth-order valence-corrected chi connectivity index (χ4v) is 2.45. The van der Waals surface area contributed by atoms with E-state index < -0.39 is 0 Å². The van der Waals surface area contributed by atoms with Crippen molar-refractivity contribution in [1.29, 1.82) is 0 Å². The van der Waals surface area contributed by atoms with Gasteiger partial charge in [-0.3, -0.25) is 4.79 Å². The Kier molecular flexibility index (Phi) is 3.71. The van der Waals surface area contributed by atoms with E-state index in [2.05, 4.69) is 0 Å². The Bertz CT molecular complexity index is 700. The summed E-state index contributed by atoms with van der Waals surface area (Å²) in [5, 5.41) is 0.340. The van der Waals surface area contributed by atoms with Crippen LogP contribution in [-0.4, -0.2) is 19.0 Å². The molecule has 2 N–H and O–H groups in total. The molecule has 2 aromatic carbocycles. The molecule has 0 aromatic heterocycles. The summed E-state index contributed by atoms with van der Waals surface area (Å²) >= 11 is 6.09. The number of benzene rings is 2. The van der Waals surface area contributed by atoms with Gasteiger partial charge in [0.1, 0.15) is 0 Å². The van der Waals surface area contributed by atoms with Gasteiger partial charge >= 0.3 is 0 Å². The monoisotopic (exact) mass is 303 g/mol. The van der Waals surface area contributed by atoms with Crippen LogP contribution in [0.15, 0.2) is 36.4 Å². The van der Waals surface area contributed by atoms with Crippen LogP contribution in [-0.2, 0) is 0 Å². The van der Waals surface area contributed by atoms with Gasteiger partial charge in [0.25, 0.3) is 0 Å². The summed E-state index contributed by atoms with van der Waals surface area (Å²) in [6.45, 7) is 1.19. The molecule has 0 spiro atoms. The fraction of sp³-hybridized carbons (Fsp3) is 0.188. The molecular formula is C16H14ClNO3. The van der Waals surface area contributed by atoms with Crippen molar-refractivity contribution in [3.63, 3.8) is 0 Å². The van der Waals surface area contributed by atoms with Gasteiger partial charge in [0.05, 0.1) is 18.2 Å². The third-order valence-corrected chi connectivity index (χ3v) is 3.56. The van der Waals surface area contributed by atoms with E-state index in [-0.39, 0.29) is 5.78 Å².